The van der Waals surface area contributed by atoms with Crippen LogP contribution in [0.25, 0.3) is 0 Å². The fourth-order valence-electron chi connectivity index (χ4n) is 5.07. The molecule has 1 N–H and O–H groups in total. The van der Waals surface area contributed by atoms with Crippen LogP contribution in [0, 0.1) is 25.2 Å². The van der Waals surface area contributed by atoms with E-state index < -0.39 is 0 Å². The first-order valence-corrected chi connectivity index (χ1v) is 12.1. The van der Waals surface area contributed by atoms with Crippen molar-refractivity contribution in [3.8, 4) is 6.07 Å². The minimum atomic E-state index is 0.239. The van der Waals surface area contributed by atoms with Crippen LogP contribution in [0.3, 0.4) is 0 Å². The highest BCUT2D eigenvalue weighted by Gasteiger charge is 2.33. The van der Waals surface area contributed by atoms with E-state index in [0.29, 0.717) is 11.6 Å². The Morgan fingerprint density at radius 2 is 1.97 bits per heavy atom. The minimum absolute atomic E-state index is 0.239. The van der Waals surface area contributed by atoms with E-state index in [1.807, 2.05) is 18.3 Å². The summed E-state index contributed by atoms with van der Waals surface area (Å²) in [5.74, 6) is 0. The van der Waals surface area contributed by atoms with E-state index >= 15 is 0 Å². The van der Waals surface area contributed by atoms with Crippen LogP contribution in [0.1, 0.15) is 60.2 Å². The van der Waals surface area contributed by atoms with E-state index in [4.69, 9.17) is 5.26 Å². The molecule has 0 bridgehead atoms. The number of aryl methyl sites for hydroxylation is 1. The minimum Gasteiger partial charge on any atom is -0.368 e. The van der Waals surface area contributed by atoms with Crippen LogP contribution in [-0.2, 0) is 6.42 Å². The second kappa shape index (κ2) is 10.7. The number of imidazole rings is 1. The van der Waals surface area contributed by atoms with E-state index in [1.165, 1.54) is 47.3 Å². The monoisotopic (exact) mass is 441 g/mol. The lowest BCUT2D eigenvalue weighted by atomic mass is 9.95. The first-order valence-electron chi connectivity index (χ1n) is 12.1. The number of H-pyrrole nitrogens is 1. The van der Waals surface area contributed by atoms with Crippen molar-refractivity contribution < 1.29 is 0 Å². The number of piperazine rings is 1. The molecule has 5 nitrogen and oxygen atoms in total. The number of anilines is 1. The summed E-state index contributed by atoms with van der Waals surface area (Å²) >= 11 is 0. The Morgan fingerprint density at radius 3 is 2.67 bits per heavy atom. The summed E-state index contributed by atoms with van der Waals surface area (Å²) in [5.41, 5.74) is 7.25. The van der Waals surface area contributed by atoms with Crippen molar-refractivity contribution in [3.05, 3.63) is 82.9 Å². The Balaban J connectivity index is 1.61. The van der Waals surface area contributed by atoms with Gasteiger partial charge in [0, 0.05) is 37.6 Å². The topological polar surface area (TPSA) is 58.9 Å². The second-order valence-corrected chi connectivity index (χ2v) is 9.23. The van der Waals surface area contributed by atoms with Crippen molar-refractivity contribution in [2.75, 3.05) is 24.5 Å². The largest absolute Gasteiger partial charge is 0.368 e. The summed E-state index contributed by atoms with van der Waals surface area (Å²) in [6.07, 6.45) is 8.29. The molecule has 2 heterocycles. The number of nitrogens with one attached hydrogen (secondary N) is 1. The molecular weight excluding hydrogens is 406 g/mol. The van der Waals surface area contributed by atoms with Gasteiger partial charge in [-0.2, -0.15) is 5.26 Å². The molecule has 1 aliphatic heterocycles. The predicted molar refractivity (Wildman–Crippen MR) is 134 cm³/mol. The van der Waals surface area contributed by atoms with Gasteiger partial charge in [0.1, 0.15) is 0 Å². The van der Waals surface area contributed by atoms with Gasteiger partial charge in [0.05, 0.1) is 29.7 Å². The van der Waals surface area contributed by atoms with Gasteiger partial charge in [-0.3, -0.25) is 4.90 Å². The van der Waals surface area contributed by atoms with Crippen LogP contribution in [0.15, 0.2) is 55.0 Å². The number of benzene rings is 2. The van der Waals surface area contributed by atoms with Crippen molar-refractivity contribution in [2.24, 2.45) is 0 Å². The van der Waals surface area contributed by atoms with Gasteiger partial charge in [-0.25, -0.2) is 4.98 Å². The highest BCUT2D eigenvalue weighted by molar-refractivity contribution is 5.56. The van der Waals surface area contributed by atoms with Crippen LogP contribution >= 0.6 is 0 Å². The number of rotatable bonds is 8. The first-order chi connectivity index (χ1) is 16.1. The quantitative estimate of drug-likeness (QED) is 0.497. The van der Waals surface area contributed by atoms with Gasteiger partial charge < -0.3 is 9.88 Å². The number of hydrogen-bond donors (Lipinski definition) is 1. The average Bonchev–Trinajstić information content (AvgIpc) is 3.38. The van der Waals surface area contributed by atoms with Crippen LogP contribution < -0.4 is 4.90 Å². The van der Waals surface area contributed by atoms with Crippen molar-refractivity contribution >= 4 is 5.69 Å². The van der Waals surface area contributed by atoms with Gasteiger partial charge in [-0.15, -0.1) is 0 Å². The lowest BCUT2D eigenvalue weighted by Crippen LogP contribution is -2.54. The Hall–Kier alpha value is -3.10. The Morgan fingerprint density at radius 1 is 1.15 bits per heavy atom. The molecule has 172 valence electrons. The van der Waals surface area contributed by atoms with Crippen LogP contribution in [0.4, 0.5) is 5.69 Å². The van der Waals surface area contributed by atoms with E-state index in [9.17, 15) is 0 Å². The molecule has 0 amide bonds. The summed E-state index contributed by atoms with van der Waals surface area (Å²) in [4.78, 5) is 13.0. The number of nitriles is 1. The molecule has 33 heavy (non-hydrogen) atoms. The molecule has 0 saturated carbocycles. The summed E-state index contributed by atoms with van der Waals surface area (Å²) < 4.78 is 0. The lowest BCUT2D eigenvalue weighted by molar-refractivity contribution is 0.107. The number of aromatic amines is 1. The molecule has 1 aromatic heterocycles. The molecule has 2 aromatic carbocycles. The summed E-state index contributed by atoms with van der Waals surface area (Å²) in [6.45, 7) is 9.81. The first kappa shape index (κ1) is 23.1. The van der Waals surface area contributed by atoms with Crippen molar-refractivity contribution in [2.45, 2.75) is 58.5 Å². The molecule has 1 fully saturated rings. The zero-order valence-electron chi connectivity index (χ0n) is 20.1. The van der Waals surface area contributed by atoms with E-state index in [2.05, 4.69) is 76.9 Å². The molecule has 1 saturated heterocycles. The zero-order valence-corrected chi connectivity index (χ0v) is 20.1. The number of unbranched alkanes of at least 4 members (excludes halogenated alkanes) is 1. The average molecular weight is 442 g/mol. The maximum Gasteiger partial charge on any atom is 0.0991 e. The number of hydrogen-bond acceptors (Lipinski definition) is 4. The normalized spacial score (nSPS) is 17.6. The van der Waals surface area contributed by atoms with E-state index in [-0.39, 0.29) is 6.04 Å². The maximum absolute atomic E-state index is 9.16. The maximum atomic E-state index is 9.16. The Kier molecular flexibility index (Phi) is 7.47. The SMILES string of the molecule is CCCC[C@H]1CN(c2cccc(C)c2C)CCN1C(Cc1ccc(C#N)cc1)c1cnc[nH]1. The standard InChI is InChI=1S/C28H35N5/c1-4-5-8-25-19-32(27-9-6-7-21(2)22(27)3)14-15-33(25)28(26-18-30-20-31-26)16-23-10-12-24(17-29)13-11-23/h6-7,9-13,18,20,25,28H,4-5,8,14-16,19H2,1-3H3,(H,30,31)/t25-,28?/m0/s1. The molecule has 0 spiro atoms. The summed E-state index contributed by atoms with van der Waals surface area (Å²) in [7, 11) is 0. The lowest BCUT2D eigenvalue weighted by Gasteiger charge is -2.46. The van der Waals surface area contributed by atoms with E-state index in [1.54, 1.807) is 6.33 Å². The third-order valence-corrected chi connectivity index (χ3v) is 7.13. The molecular formula is C28H35N5. The number of nitrogens with zero attached hydrogens (tertiary/aromatic N) is 4. The molecule has 3 aromatic rings. The van der Waals surface area contributed by atoms with Gasteiger partial charge in [0.2, 0.25) is 0 Å². The molecule has 1 unspecified atom stereocenters. The molecule has 0 radical (unpaired) electrons. The van der Waals surface area contributed by atoms with Gasteiger partial charge in [-0.05, 0) is 61.6 Å². The smallest absolute Gasteiger partial charge is 0.0991 e. The van der Waals surface area contributed by atoms with Crippen molar-refractivity contribution in [1.82, 2.24) is 14.9 Å². The Bertz CT molecular complexity index is 1060. The Labute approximate surface area is 198 Å². The molecule has 0 aliphatic carbocycles. The van der Waals surface area contributed by atoms with Crippen LogP contribution in [0.2, 0.25) is 0 Å². The molecule has 4 rings (SSSR count). The van der Waals surface area contributed by atoms with Crippen molar-refractivity contribution in [1.29, 1.82) is 5.26 Å². The zero-order chi connectivity index (χ0) is 23.2. The molecule has 5 heteroatoms. The van der Waals surface area contributed by atoms with Crippen LogP contribution in [0.5, 0.6) is 0 Å². The fraction of sp³-hybridized carbons (Fsp3) is 0.429. The van der Waals surface area contributed by atoms with Gasteiger partial charge in [-0.1, -0.05) is 44.0 Å². The summed E-state index contributed by atoms with van der Waals surface area (Å²) in [6, 6.07) is 17.6. The van der Waals surface area contributed by atoms with Gasteiger partial charge >= 0.3 is 0 Å². The van der Waals surface area contributed by atoms with Crippen LogP contribution in [-0.4, -0.2) is 40.5 Å². The number of aromatic nitrogens is 2. The predicted octanol–water partition coefficient (Wildman–Crippen LogP) is 5.56. The fourth-order valence-corrected chi connectivity index (χ4v) is 5.07. The van der Waals surface area contributed by atoms with E-state index in [0.717, 1.165) is 26.1 Å². The molecule has 2 atom stereocenters. The summed E-state index contributed by atoms with van der Waals surface area (Å²) in [5, 5.41) is 9.16. The third-order valence-electron chi connectivity index (χ3n) is 7.13. The highest BCUT2D eigenvalue weighted by atomic mass is 15.3. The van der Waals surface area contributed by atoms with Gasteiger partial charge in [0.15, 0.2) is 0 Å². The third kappa shape index (κ3) is 5.29. The van der Waals surface area contributed by atoms with Gasteiger partial charge in [0.25, 0.3) is 0 Å². The highest BCUT2D eigenvalue weighted by Crippen LogP contribution is 2.32. The second-order valence-electron chi connectivity index (χ2n) is 9.23. The molecule has 1 aliphatic rings. The van der Waals surface area contributed by atoms with Crippen molar-refractivity contribution in [3.63, 3.8) is 0 Å².